The van der Waals surface area contributed by atoms with Gasteiger partial charge in [0.2, 0.25) is 0 Å². The van der Waals surface area contributed by atoms with E-state index in [9.17, 15) is 8.78 Å². The largest absolute Gasteiger partial charge is 0.207 e. The molecule has 1 atom stereocenters. The highest BCUT2D eigenvalue weighted by atomic mass is 79.9. The molecule has 0 radical (unpaired) electrons. The normalized spacial score (nSPS) is 12.5. The van der Waals surface area contributed by atoms with Crippen molar-refractivity contribution in [2.75, 3.05) is 0 Å². The molecule has 0 amide bonds. The van der Waals surface area contributed by atoms with Crippen molar-refractivity contribution < 1.29 is 8.78 Å². The molecular formula is C14H9Br2ClF2. The zero-order valence-electron chi connectivity index (χ0n) is 9.85. The predicted octanol–water partition coefficient (Wildman–Crippen LogP) is 6.17. The lowest BCUT2D eigenvalue weighted by molar-refractivity contribution is 0.611. The smallest absolute Gasteiger partial charge is 0.129 e. The van der Waals surface area contributed by atoms with E-state index in [-0.39, 0.29) is 16.5 Å². The van der Waals surface area contributed by atoms with Crippen LogP contribution in [-0.2, 0) is 0 Å². The Morgan fingerprint density at radius 3 is 2.42 bits per heavy atom. The fourth-order valence-corrected chi connectivity index (χ4v) is 2.86. The summed E-state index contributed by atoms with van der Waals surface area (Å²) in [6, 6.07) is 7.56. The van der Waals surface area contributed by atoms with Gasteiger partial charge in [-0.15, -0.1) is 0 Å². The van der Waals surface area contributed by atoms with Crippen molar-refractivity contribution in [1.82, 2.24) is 0 Å². The third kappa shape index (κ3) is 3.18. The number of rotatable bonds is 2. The molecule has 0 bridgehead atoms. The van der Waals surface area contributed by atoms with Crippen LogP contribution in [0.4, 0.5) is 8.78 Å². The maximum atomic E-state index is 14.0. The molecular weight excluding hydrogens is 401 g/mol. The summed E-state index contributed by atoms with van der Waals surface area (Å²) in [6.45, 7) is 1.67. The van der Waals surface area contributed by atoms with Gasteiger partial charge in [0, 0.05) is 10.0 Å². The lowest BCUT2D eigenvalue weighted by Gasteiger charge is -2.14. The molecule has 2 rings (SSSR count). The third-order valence-electron chi connectivity index (χ3n) is 2.79. The van der Waals surface area contributed by atoms with E-state index in [4.69, 9.17) is 11.6 Å². The number of alkyl halides is 1. The van der Waals surface area contributed by atoms with Crippen molar-refractivity contribution in [3.05, 3.63) is 68.2 Å². The summed E-state index contributed by atoms with van der Waals surface area (Å²) < 4.78 is 27.7. The van der Waals surface area contributed by atoms with Crippen LogP contribution >= 0.6 is 43.5 Å². The van der Waals surface area contributed by atoms with Gasteiger partial charge < -0.3 is 0 Å². The molecule has 0 nitrogen and oxygen atoms in total. The highest BCUT2D eigenvalue weighted by Gasteiger charge is 2.17. The highest BCUT2D eigenvalue weighted by Crippen LogP contribution is 2.36. The van der Waals surface area contributed by atoms with Crippen LogP contribution in [0.5, 0.6) is 0 Å². The molecule has 19 heavy (non-hydrogen) atoms. The first-order valence-corrected chi connectivity index (χ1v) is 7.53. The molecule has 2 aromatic rings. The van der Waals surface area contributed by atoms with E-state index in [1.165, 1.54) is 12.1 Å². The Hall–Kier alpha value is -0.450. The first-order valence-electron chi connectivity index (χ1n) is 5.44. The fourth-order valence-electron chi connectivity index (χ4n) is 1.74. The zero-order valence-corrected chi connectivity index (χ0v) is 13.8. The molecule has 5 heteroatoms. The van der Waals surface area contributed by atoms with Crippen molar-refractivity contribution >= 4 is 43.5 Å². The van der Waals surface area contributed by atoms with Crippen LogP contribution in [-0.4, -0.2) is 0 Å². The Bertz CT molecular complexity index is 629. The van der Waals surface area contributed by atoms with E-state index in [1.54, 1.807) is 25.1 Å². The number of halogens is 5. The molecule has 0 spiro atoms. The van der Waals surface area contributed by atoms with Gasteiger partial charge in [-0.3, -0.25) is 0 Å². The van der Waals surface area contributed by atoms with Crippen LogP contribution < -0.4 is 0 Å². The SMILES string of the molecule is Cc1cc(C(Br)c2cc(Cl)c(Br)cc2F)ccc1F. The molecule has 100 valence electrons. The lowest BCUT2D eigenvalue weighted by Crippen LogP contribution is -1.98. The predicted molar refractivity (Wildman–Crippen MR) is 81.0 cm³/mol. The van der Waals surface area contributed by atoms with E-state index in [2.05, 4.69) is 31.9 Å². The third-order valence-corrected chi connectivity index (χ3v) is 5.01. The molecule has 0 aromatic heterocycles. The molecule has 0 heterocycles. The van der Waals surface area contributed by atoms with Crippen molar-refractivity contribution in [2.24, 2.45) is 0 Å². The van der Waals surface area contributed by atoms with Crippen LogP contribution in [0.3, 0.4) is 0 Å². The van der Waals surface area contributed by atoms with E-state index in [0.717, 1.165) is 5.56 Å². The van der Waals surface area contributed by atoms with Crippen molar-refractivity contribution in [2.45, 2.75) is 11.8 Å². The Kier molecular flexibility index (Phi) is 4.64. The minimum atomic E-state index is -0.377. The molecule has 0 N–H and O–H groups in total. The van der Waals surface area contributed by atoms with Crippen LogP contribution in [0.1, 0.15) is 21.5 Å². The summed E-state index contributed by atoms with van der Waals surface area (Å²) in [6.07, 6.45) is 0. The van der Waals surface area contributed by atoms with Gasteiger partial charge in [0.1, 0.15) is 11.6 Å². The second kappa shape index (κ2) is 5.90. The van der Waals surface area contributed by atoms with Crippen molar-refractivity contribution in [3.63, 3.8) is 0 Å². The van der Waals surface area contributed by atoms with E-state index in [1.807, 2.05) is 0 Å². The summed E-state index contributed by atoms with van der Waals surface area (Å²) in [5.41, 5.74) is 1.71. The summed E-state index contributed by atoms with van der Waals surface area (Å²) in [4.78, 5) is -0.377. The van der Waals surface area contributed by atoms with Gasteiger partial charge >= 0.3 is 0 Å². The molecule has 2 aromatic carbocycles. The summed E-state index contributed by atoms with van der Waals surface area (Å²) in [7, 11) is 0. The Balaban J connectivity index is 2.46. The Morgan fingerprint density at radius 1 is 1.11 bits per heavy atom. The van der Waals surface area contributed by atoms with Gasteiger partial charge in [-0.05, 0) is 52.2 Å². The van der Waals surface area contributed by atoms with Crippen LogP contribution in [0.25, 0.3) is 0 Å². The van der Waals surface area contributed by atoms with E-state index < -0.39 is 0 Å². The van der Waals surface area contributed by atoms with Crippen LogP contribution in [0, 0.1) is 18.6 Å². The standard InChI is InChI=1S/C14H9Br2ClF2/c1-7-4-8(2-3-12(7)18)14(16)9-5-11(17)10(15)6-13(9)19/h2-6,14H,1H3. The maximum Gasteiger partial charge on any atom is 0.129 e. The van der Waals surface area contributed by atoms with E-state index >= 15 is 0 Å². The molecule has 0 saturated heterocycles. The Labute approximate surface area is 132 Å². The molecule has 0 aliphatic rings. The van der Waals surface area contributed by atoms with Crippen molar-refractivity contribution in [1.29, 1.82) is 0 Å². The van der Waals surface area contributed by atoms with Gasteiger partial charge in [0.05, 0.1) is 9.85 Å². The topological polar surface area (TPSA) is 0 Å². The van der Waals surface area contributed by atoms with Gasteiger partial charge in [-0.25, -0.2) is 8.78 Å². The first kappa shape index (κ1) is 14.9. The fraction of sp³-hybridized carbons (Fsp3) is 0.143. The van der Waals surface area contributed by atoms with Crippen molar-refractivity contribution in [3.8, 4) is 0 Å². The second-order valence-corrected chi connectivity index (χ2v) is 6.34. The van der Waals surface area contributed by atoms with Crippen LogP contribution in [0.15, 0.2) is 34.8 Å². The first-order chi connectivity index (χ1) is 8.90. The quantitative estimate of drug-likeness (QED) is 0.410. The average Bonchev–Trinajstić information content (AvgIpc) is 2.36. The molecule has 0 aliphatic carbocycles. The maximum absolute atomic E-state index is 14.0. The molecule has 0 aliphatic heterocycles. The number of hydrogen-bond donors (Lipinski definition) is 0. The minimum Gasteiger partial charge on any atom is -0.207 e. The van der Waals surface area contributed by atoms with Gasteiger partial charge in [0.25, 0.3) is 0 Å². The van der Waals surface area contributed by atoms with Gasteiger partial charge in [-0.2, -0.15) is 0 Å². The molecule has 1 unspecified atom stereocenters. The molecule has 0 fully saturated rings. The number of aryl methyl sites for hydroxylation is 1. The number of hydrogen-bond acceptors (Lipinski definition) is 0. The number of benzene rings is 2. The average molecular weight is 410 g/mol. The minimum absolute atomic E-state index is 0.280. The lowest BCUT2D eigenvalue weighted by atomic mass is 10.0. The Morgan fingerprint density at radius 2 is 1.79 bits per heavy atom. The second-order valence-electron chi connectivity index (χ2n) is 4.16. The monoisotopic (exact) mass is 408 g/mol. The zero-order chi connectivity index (χ0) is 14.2. The summed E-state index contributed by atoms with van der Waals surface area (Å²) in [5.74, 6) is -0.655. The van der Waals surface area contributed by atoms with Gasteiger partial charge in [0.15, 0.2) is 0 Å². The van der Waals surface area contributed by atoms with Gasteiger partial charge in [-0.1, -0.05) is 39.7 Å². The summed E-state index contributed by atoms with van der Waals surface area (Å²) in [5, 5.41) is 0.430. The van der Waals surface area contributed by atoms with Crippen LogP contribution in [0.2, 0.25) is 5.02 Å². The summed E-state index contributed by atoms with van der Waals surface area (Å²) >= 11 is 12.6. The molecule has 0 saturated carbocycles. The highest BCUT2D eigenvalue weighted by molar-refractivity contribution is 9.10. The van der Waals surface area contributed by atoms with E-state index in [0.29, 0.717) is 20.6 Å².